The molecule has 0 saturated carbocycles. The second kappa shape index (κ2) is 7.34. The highest BCUT2D eigenvalue weighted by atomic mass is 16.6. The molecule has 0 N–H and O–H groups in total. The quantitative estimate of drug-likeness (QED) is 0.514. The average molecular weight is 378 g/mol. The Hall–Kier alpha value is -3.35. The second-order valence-corrected chi connectivity index (χ2v) is 6.86. The van der Waals surface area contributed by atoms with E-state index in [0.29, 0.717) is 37.6 Å². The van der Waals surface area contributed by atoms with E-state index in [1.54, 1.807) is 18.2 Å². The maximum atomic E-state index is 13.1. The van der Waals surface area contributed by atoms with Crippen molar-refractivity contribution in [2.45, 2.75) is 13.5 Å². The highest BCUT2D eigenvalue weighted by Gasteiger charge is 2.27. The summed E-state index contributed by atoms with van der Waals surface area (Å²) < 4.78 is 2.05. The first-order valence-electron chi connectivity index (χ1n) is 9.46. The molecule has 0 radical (unpaired) electrons. The van der Waals surface area contributed by atoms with Crippen LogP contribution in [0.4, 0.5) is 11.4 Å². The molecule has 1 saturated heterocycles. The molecule has 2 aromatic carbocycles. The number of carbonyl (C=O) groups excluding carboxylic acids is 1. The molecular formula is C21H22N4O3. The molecule has 0 spiro atoms. The Labute approximate surface area is 162 Å². The van der Waals surface area contributed by atoms with Crippen molar-refractivity contribution >= 4 is 28.2 Å². The van der Waals surface area contributed by atoms with Gasteiger partial charge in [0.15, 0.2) is 0 Å². The van der Waals surface area contributed by atoms with E-state index in [2.05, 4.69) is 0 Å². The number of nitrogens with zero attached hydrogens (tertiary/aromatic N) is 4. The topological polar surface area (TPSA) is 71.6 Å². The minimum atomic E-state index is -0.355. The zero-order valence-corrected chi connectivity index (χ0v) is 15.7. The van der Waals surface area contributed by atoms with Crippen LogP contribution in [0.1, 0.15) is 17.4 Å². The lowest BCUT2D eigenvalue weighted by molar-refractivity contribution is -0.384. The summed E-state index contributed by atoms with van der Waals surface area (Å²) in [5, 5.41) is 12.4. The van der Waals surface area contributed by atoms with Gasteiger partial charge in [-0.2, -0.15) is 0 Å². The number of piperazine rings is 1. The molecule has 28 heavy (non-hydrogen) atoms. The minimum Gasteiger partial charge on any atom is -0.362 e. The third-order valence-corrected chi connectivity index (χ3v) is 5.33. The van der Waals surface area contributed by atoms with Crippen molar-refractivity contribution in [2.75, 3.05) is 31.1 Å². The van der Waals surface area contributed by atoms with Gasteiger partial charge in [0.1, 0.15) is 11.4 Å². The van der Waals surface area contributed by atoms with Crippen molar-refractivity contribution < 1.29 is 9.72 Å². The van der Waals surface area contributed by atoms with E-state index in [1.807, 2.05) is 51.6 Å². The zero-order valence-electron chi connectivity index (χ0n) is 15.7. The standard InChI is InChI=1S/C21H22N4O3/c1-2-24-17-8-4-3-7-16(17)15-20(24)21(26)23-13-11-22(12-14-23)18-9-5-6-10-19(18)25(27)28/h3-10,15H,2,11-14H2,1H3. The Kier molecular flexibility index (Phi) is 4.73. The third kappa shape index (κ3) is 3.09. The number of nitro groups is 1. The highest BCUT2D eigenvalue weighted by Crippen LogP contribution is 2.29. The van der Waals surface area contributed by atoms with E-state index in [9.17, 15) is 14.9 Å². The molecule has 144 valence electrons. The highest BCUT2D eigenvalue weighted by molar-refractivity contribution is 5.99. The summed E-state index contributed by atoms with van der Waals surface area (Å²) in [7, 11) is 0. The Balaban J connectivity index is 1.53. The Morgan fingerprint density at radius 1 is 1.04 bits per heavy atom. The summed E-state index contributed by atoms with van der Waals surface area (Å²) in [5.41, 5.74) is 2.48. The van der Waals surface area contributed by atoms with Crippen molar-refractivity contribution in [3.05, 3.63) is 70.4 Å². The van der Waals surface area contributed by atoms with E-state index < -0.39 is 0 Å². The average Bonchev–Trinajstić information content (AvgIpc) is 3.12. The maximum Gasteiger partial charge on any atom is 0.292 e. The first-order chi connectivity index (χ1) is 13.6. The van der Waals surface area contributed by atoms with Crippen LogP contribution in [0.25, 0.3) is 10.9 Å². The van der Waals surface area contributed by atoms with Crippen LogP contribution in [0.2, 0.25) is 0 Å². The lowest BCUT2D eigenvalue weighted by Gasteiger charge is -2.35. The van der Waals surface area contributed by atoms with Gasteiger partial charge < -0.3 is 14.4 Å². The molecule has 1 aliphatic heterocycles. The number of hydrogen-bond donors (Lipinski definition) is 0. The van der Waals surface area contributed by atoms with Crippen LogP contribution in [0, 0.1) is 10.1 Å². The monoisotopic (exact) mass is 378 g/mol. The van der Waals surface area contributed by atoms with Gasteiger partial charge in [-0.25, -0.2) is 0 Å². The fourth-order valence-electron chi connectivity index (χ4n) is 3.93. The molecule has 0 atom stereocenters. The third-order valence-electron chi connectivity index (χ3n) is 5.33. The summed E-state index contributed by atoms with van der Waals surface area (Å²) >= 11 is 0. The molecule has 1 aromatic heterocycles. The molecule has 1 fully saturated rings. The van der Waals surface area contributed by atoms with Crippen molar-refractivity contribution in [1.29, 1.82) is 0 Å². The first kappa shape index (κ1) is 18.0. The summed E-state index contributed by atoms with van der Waals surface area (Å²) in [6.45, 7) is 4.98. The van der Waals surface area contributed by atoms with Gasteiger partial charge in [-0.3, -0.25) is 14.9 Å². The number of anilines is 1. The van der Waals surface area contributed by atoms with Gasteiger partial charge in [-0.1, -0.05) is 30.3 Å². The lowest BCUT2D eigenvalue weighted by atomic mass is 10.2. The van der Waals surface area contributed by atoms with Crippen molar-refractivity contribution in [3.8, 4) is 0 Å². The predicted octanol–water partition coefficient (Wildman–Crippen LogP) is 3.53. The fourth-order valence-corrected chi connectivity index (χ4v) is 3.93. The van der Waals surface area contributed by atoms with E-state index >= 15 is 0 Å². The summed E-state index contributed by atoms with van der Waals surface area (Å²) in [4.78, 5) is 27.9. The fraction of sp³-hybridized carbons (Fsp3) is 0.286. The number of aromatic nitrogens is 1. The molecule has 0 bridgehead atoms. The summed E-state index contributed by atoms with van der Waals surface area (Å²) in [5.74, 6) is 0.0141. The molecule has 1 aliphatic rings. The number of benzene rings is 2. The molecular weight excluding hydrogens is 356 g/mol. The van der Waals surface area contributed by atoms with Crippen molar-refractivity contribution in [1.82, 2.24) is 9.47 Å². The van der Waals surface area contributed by atoms with Crippen LogP contribution in [-0.4, -0.2) is 46.5 Å². The van der Waals surface area contributed by atoms with E-state index in [-0.39, 0.29) is 16.5 Å². The summed E-state index contributed by atoms with van der Waals surface area (Å²) in [6.07, 6.45) is 0. The van der Waals surface area contributed by atoms with Crippen LogP contribution in [-0.2, 0) is 6.54 Å². The van der Waals surface area contributed by atoms with Gasteiger partial charge >= 0.3 is 0 Å². The minimum absolute atomic E-state index is 0.0141. The predicted molar refractivity (Wildman–Crippen MR) is 109 cm³/mol. The van der Waals surface area contributed by atoms with Gasteiger partial charge in [-0.15, -0.1) is 0 Å². The molecule has 0 aliphatic carbocycles. The molecule has 0 unspecified atom stereocenters. The summed E-state index contributed by atoms with van der Waals surface area (Å²) in [6, 6.07) is 16.7. The molecule has 7 nitrogen and oxygen atoms in total. The number of amides is 1. The number of hydrogen-bond acceptors (Lipinski definition) is 4. The number of para-hydroxylation sites is 3. The normalized spacial score (nSPS) is 14.5. The van der Waals surface area contributed by atoms with Crippen LogP contribution in [0.5, 0.6) is 0 Å². The Morgan fingerprint density at radius 3 is 2.43 bits per heavy atom. The Morgan fingerprint density at radius 2 is 1.71 bits per heavy atom. The van der Waals surface area contributed by atoms with Crippen molar-refractivity contribution in [2.24, 2.45) is 0 Å². The number of rotatable bonds is 4. The molecule has 7 heteroatoms. The molecule has 2 heterocycles. The van der Waals surface area contributed by atoms with Crippen LogP contribution in [0.3, 0.4) is 0 Å². The van der Waals surface area contributed by atoms with Crippen LogP contribution in [0.15, 0.2) is 54.6 Å². The van der Waals surface area contributed by atoms with Gasteiger partial charge in [0.2, 0.25) is 0 Å². The smallest absolute Gasteiger partial charge is 0.292 e. The lowest BCUT2D eigenvalue weighted by Crippen LogP contribution is -2.49. The van der Waals surface area contributed by atoms with Gasteiger partial charge in [0, 0.05) is 49.7 Å². The van der Waals surface area contributed by atoms with E-state index in [1.165, 1.54) is 6.07 Å². The zero-order chi connectivity index (χ0) is 19.7. The van der Waals surface area contributed by atoms with E-state index in [4.69, 9.17) is 0 Å². The van der Waals surface area contributed by atoms with Gasteiger partial charge in [-0.05, 0) is 25.1 Å². The largest absolute Gasteiger partial charge is 0.362 e. The number of aryl methyl sites for hydroxylation is 1. The molecule has 3 aromatic rings. The molecule has 1 amide bonds. The van der Waals surface area contributed by atoms with Gasteiger partial charge in [0.05, 0.1) is 4.92 Å². The SMILES string of the molecule is CCn1c(C(=O)N2CCN(c3ccccc3[N+](=O)[O-])CC2)cc2ccccc21. The number of fused-ring (bicyclic) bond motifs is 1. The number of nitro benzene ring substituents is 1. The van der Waals surface area contributed by atoms with Crippen LogP contribution >= 0.6 is 0 Å². The maximum absolute atomic E-state index is 13.1. The molecule has 4 rings (SSSR count). The van der Waals surface area contributed by atoms with Crippen molar-refractivity contribution in [3.63, 3.8) is 0 Å². The first-order valence-corrected chi connectivity index (χ1v) is 9.46. The van der Waals surface area contributed by atoms with E-state index in [0.717, 1.165) is 17.4 Å². The van der Waals surface area contributed by atoms with Gasteiger partial charge in [0.25, 0.3) is 11.6 Å². The van der Waals surface area contributed by atoms with Crippen LogP contribution < -0.4 is 4.90 Å². The second-order valence-electron chi connectivity index (χ2n) is 6.86. The number of carbonyl (C=O) groups is 1. The Bertz CT molecular complexity index is 1040.